The first-order valence-corrected chi connectivity index (χ1v) is 5.89. The molecular formula is C12H15ClFNO. The monoisotopic (exact) mass is 243 g/mol. The van der Waals surface area contributed by atoms with Crippen molar-refractivity contribution in [3.63, 3.8) is 0 Å². The molecule has 1 aliphatic carbocycles. The van der Waals surface area contributed by atoms with Crippen molar-refractivity contribution < 1.29 is 9.50 Å². The first kappa shape index (κ1) is 11.7. The number of benzene rings is 1. The molecule has 1 fully saturated rings. The predicted octanol–water partition coefficient (Wildman–Crippen LogP) is 3.30. The normalized spacial score (nSPS) is 19.7. The molecule has 0 aliphatic heterocycles. The topological polar surface area (TPSA) is 46.2 Å². The fourth-order valence-corrected chi connectivity index (χ4v) is 2.76. The van der Waals surface area contributed by atoms with Gasteiger partial charge in [-0.25, -0.2) is 4.39 Å². The summed E-state index contributed by atoms with van der Waals surface area (Å²) in [6.45, 7) is 0. The van der Waals surface area contributed by atoms with E-state index < -0.39 is 11.4 Å². The third-order valence-corrected chi connectivity index (χ3v) is 3.63. The number of nitrogens with two attached hydrogens (primary N) is 1. The van der Waals surface area contributed by atoms with E-state index in [9.17, 15) is 9.50 Å². The van der Waals surface area contributed by atoms with E-state index in [1.54, 1.807) is 0 Å². The third-order valence-electron chi connectivity index (χ3n) is 3.31. The van der Waals surface area contributed by atoms with Crippen LogP contribution in [0.1, 0.15) is 37.7 Å². The van der Waals surface area contributed by atoms with Crippen LogP contribution in [-0.4, -0.2) is 5.11 Å². The molecule has 0 atom stereocenters. The van der Waals surface area contributed by atoms with Crippen LogP contribution in [-0.2, 0) is 5.54 Å². The van der Waals surface area contributed by atoms with Crippen LogP contribution in [0.4, 0.5) is 4.39 Å². The summed E-state index contributed by atoms with van der Waals surface area (Å²) in [6, 6.07) is 2.76. The van der Waals surface area contributed by atoms with Gasteiger partial charge in [0.15, 0.2) is 11.6 Å². The molecule has 0 unspecified atom stereocenters. The highest BCUT2D eigenvalue weighted by Gasteiger charge is 2.34. The molecule has 0 heterocycles. The lowest BCUT2D eigenvalue weighted by Crippen LogP contribution is -2.39. The highest BCUT2D eigenvalue weighted by Crippen LogP contribution is 2.41. The minimum atomic E-state index is -0.724. The average molecular weight is 244 g/mol. The molecule has 88 valence electrons. The van der Waals surface area contributed by atoms with Crippen molar-refractivity contribution in [2.45, 2.75) is 37.6 Å². The van der Waals surface area contributed by atoms with Gasteiger partial charge in [0.2, 0.25) is 0 Å². The molecule has 0 saturated heterocycles. The van der Waals surface area contributed by atoms with Crippen molar-refractivity contribution in [1.29, 1.82) is 0 Å². The Hall–Kier alpha value is -0.800. The molecule has 1 aromatic rings. The molecule has 2 rings (SSSR count). The van der Waals surface area contributed by atoms with Crippen LogP contribution < -0.4 is 5.73 Å². The highest BCUT2D eigenvalue weighted by molar-refractivity contribution is 6.31. The van der Waals surface area contributed by atoms with Crippen molar-refractivity contribution in [3.8, 4) is 5.75 Å². The van der Waals surface area contributed by atoms with Gasteiger partial charge in [-0.3, -0.25) is 0 Å². The number of phenols is 1. The Morgan fingerprint density at radius 1 is 1.25 bits per heavy atom. The molecular weight excluding hydrogens is 229 g/mol. The van der Waals surface area contributed by atoms with Gasteiger partial charge in [0, 0.05) is 16.1 Å². The quantitative estimate of drug-likeness (QED) is 0.795. The number of hydrogen-bond donors (Lipinski definition) is 2. The maximum Gasteiger partial charge on any atom is 0.171 e. The molecule has 1 aliphatic rings. The summed E-state index contributed by atoms with van der Waals surface area (Å²) in [5.41, 5.74) is 5.76. The fourth-order valence-electron chi connectivity index (χ4n) is 2.43. The maximum atomic E-state index is 13.9. The van der Waals surface area contributed by atoms with E-state index in [0.717, 1.165) is 19.3 Å². The summed E-state index contributed by atoms with van der Waals surface area (Å²) in [6.07, 6.45) is 4.50. The Morgan fingerprint density at radius 3 is 2.50 bits per heavy atom. The molecule has 0 bridgehead atoms. The number of phenolic OH excluding ortho intramolecular Hbond substituents is 1. The Morgan fingerprint density at radius 2 is 1.88 bits per heavy atom. The van der Waals surface area contributed by atoms with E-state index in [0.29, 0.717) is 17.9 Å². The summed E-state index contributed by atoms with van der Waals surface area (Å²) in [5, 5.41) is 9.69. The van der Waals surface area contributed by atoms with E-state index in [2.05, 4.69) is 0 Å². The first-order valence-electron chi connectivity index (χ1n) is 5.51. The van der Waals surface area contributed by atoms with E-state index in [1.807, 2.05) is 0 Å². The molecule has 1 aromatic carbocycles. The molecule has 4 heteroatoms. The van der Waals surface area contributed by atoms with Crippen molar-refractivity contribution in [2.24, 2.45) is 5.73 Å². The van der Waals surface area contributed by atoms with Crippen molar-refractivity contribution >= 4 is 11.6 Å². The lowest BCUT2D eigenvalue weighted by atomic mass is 9.77. The SMILES string of the molecule is NC1(c2c(Cl)ccc(O)c2F)CCCCC1. The van der Waals surface area contributed by atoms with Gasteiger partial charge in [0.1, 0.15) is 0 Å². The molecule has 1 saturated carbocycles. The molecule has 0 spiro atoms. The van der Waals surface area contributed by atoms with Crippen LogP contribution in [0.2, 0.25) is 5.02 Å². The van der Waals surface area contributed by atoms with E-state index >= 15 is 0 Å². The zero-order valence-electron chi connectivity index (χ0n) is 8.97. The second kappa shape index (κ2) is 4.22. The zero-order chi connectivity index (χ0) is 11.8. The zero-order valence-corrected chi connectivity index (χ0v) is 9.73. The van der Waals surface area contributed by atoms with Gasteiger partial charge in [0.25, 0.3) is 0 Å². The minimum Gasteiger partial charge on any atom is -0.505 e. The van der Waals surface area contributed by atoms with Gasteiger partial charge in [-0.05, 0) is 25.0 Å². The van der Waals surface area contributed by atoms with Crippen LogP contribution >= 0.6 is 11.6 Å². The van der Waals surface area contributed by atoms with Gasteiger partial charge >= 0.3 is 0 Å². The lowest BCUT2D eigenvalue weighted by molar-refractivity contribution is 0.289. The molecule has 0 amide bonds. The van der Waals surface area contributed by atoms with Gasteiger partial charge in [-0.2, -0.15) is 0 Å². The summed E-state index contributed by atoms with van der Waals surface area (Å²) >= 11 is 5.99. The summed E-state index contributed by atoms with van der Waals surface area (Å²) in [5.74, 6) is -1.05. The molecule has 0 aromatic heterocycles. The molecule has 0 radical (unpaired) electrons. The fraction of sp³-hybridized carbons (Fsp3) is 0.500. The summed E-state index contributed by atoms with van der Waals surface area (Å²) < 4.78 is 13.9. The highest BCUT2D eigenvalue weighted by atomic mass is 35.5. The van der Waals surface area contributed by atoms with Gasteiger partial charge in [0.05, 0.1) is 0 Å². The van der Waals surface area contributed by atoms with Crippen LogP contribution in [0.5, 0.6) is 5.75 Å². The third kappa shape index (κ3) is 1.89. The lowest BCUT2D eigenvalue weighted by Gasteiger charge is -2.34. The predicted molar refractivity (Wildman–Crippen MR) is 62.0 cm³/mol. The molecule has 3 N–H and O–H groups in total. The smallest absolute Gasteiger partial charge is 0.171 e. The van der Waals surface area contributed by atoms with E-state index in [-0.39, 0.29) is 11.3 Å². The van der Waals surface area contributed by atoms with Crippen molar-refractivity contribution in [2.75, 3.05) is 0 Å². The van der Waals surface area contributed by atoms with Crippen molar-refractivity contribution in [1.82, 2.24) is 0 Å². The Bertz CT molecular complexity index is 402. The average Bonchev–Trinajstić information content (AvgIpc) is 2.25. The van der Waals surface area contributed by atoms with E-state index in [1.165, 1.54) is 12.1 Å². The number of hydrogen-bond acceptors (Lipinski definition) is 2. The standard InChI is InChI=1S/C12H15ClFNO/c13-8-4-5-9(16)11(14)10(8)12(15)6-2-1-3-7-12/h4-5,16H,1-3,6-7,15H2. The van der Waals surface area contributed by atoms with Gasteiger partial charge in [-0.15, -0.1) is 0 Å². The Labute approximate surface area is 99.2 Å². The van der Waals surface area contributed by atoms with Gasteiger partial charge < -0.3 is 10.8 Å². The maximum absolute atomic E-state index is 13.9. The molecule has 16 heavy (non-hydrogen) atoms. The van der Waals surface area contributed by atoms with Crippen LogP contribution in [0.25, 0.3) is 0 Å². The van der Waals surface area contributed by atoms with Gasteiger partial charge in [-0.1, -0.05) is 30.9 Å². The van der Waals surface area contributed by atoms with E-state index in [4.69, 9.17) is 17.3 Å². The number of halogens is 2. The number of aromatic hydroxyl groups is 1. The second-order valence-electron chi connectivity index (χ2n) is 4.47. The largest absolute Gasteiger partial charge is 0.505 e. The van der Waals surface area contributed by atoms with Crippen LogP contribution in [0, 0.1) is 5.82 Å². The number of rotatable bonds is 1. The first-order chi connectivity index (χ1) is 7.54. The summed E-state index contributed by atoms with van der Waals surface area (Å²) in [7, 11) is 0. The second-order valence-corrected chi connectivity index (χ2v) is 4.88. The van der Waals surface area contributed by atoms with Crippen LogP contribution in [0.15, 0.2) is 12.1 Å². The Kier molecular flexibility index (Phi) is 3.08. The molecule has 2 nitrogen and oxygen atoms in total. The summed E-state index contributed by atoms with van der Waals surface area (Å²) in [4.78, 5) is 0. The van der Waals surface area contributed by atoms with Crippen molar-refractivity contribution in [3.05, 3.63) is 28.5 Å². The Balaban J connectivity index is 2.49. The minimum absolute atomic E-state index is 0.272. The van der Waals surface area contributed by atoms with Crippen LogP contribution in [0.3, 0.4) is 0 Å².